The summed E-state index contributed by atoms with van der Waals surface area (Å²) in [5, 5.41) is 5.70. The molecule has 24 heavy (non-hydrogen) atoms. The number of pyridine rings is 1. The minimum absolute atomic E-state index is 0.232. The first-order valence-electron chi connectivity index (χ1n) is 8.77. The maximum absolute atomic E-state index is 12.2. The van der Waals surface area contributed by atoms with Crippen molar-refractivity contribution in [3.05, 3.63) is 41.2 Å². The fraction of sp³-hybridized carbons (Fsp3) is 0.526. The quantitative estimate of drug-likeness (QED) is 0.755. The van der Waals surface area contributed by atoms with Gasteiger partial charge in [-0.05, 0) is 50.2 Å². The van der Waals surface area contributed by atoms with E-state index in [9.17, 15) is 9.59 Å². The molecule has 1 heterocycles. The molecule has 0 unspecified atom stereocenters. The minimum atomic E-state index is -0.245. The van der Waals surface area contributed by atoms with Gasteiger partial charge in [-0.25, -0.2) is 4.98 Å². The second kappa shape index (κ2) is 9.21. The Labute approximate surface area is 143 Å². The van der Waals surface area contributed by atoms with Crippen LogP contribution in [0, 0.1) is 5.92 Å². The van der Waals surface area contributed by atoms with Crippen molar-refractivity contribution in [2.45, 2.75) is 46.0 Å². The molecule has 2 amide bonds. The Kier molecular flexibility index (Phi) is 6.97. The predicted octanol–water partition coefficient (Wildman–Crippen LogP) is 3.09. The highest BCUT2D eigenvalue weighted by atomic mass is 16.2. The fourth-order valence-corrected chi connectivity index (χ4v) is 2.63. The number of hydrogen-bond acceptors (Lipinski definition) is 3. The maximum Gasteiger partial charge on any atom is 0.269 e. The summed E-state index contributed by atoms with van der Waals surface area (Å²) in [6, 6.07) is 4.95. The molecule has 0 fully saturated rings. The molecule has 0 aromatic carbocycles. The minimum Gasteiger partial charge on any atom is -0.350 e. The second-order valence-corrected chi connectivity index (χ2v) is 6.63. The molecule has 0 atom stereocenters. The van der Waals surface area contributed by atoms with Crippen molar-refractivity contribution in [1.29, 1.82) is 0 Å². The summed E-state index contributed by atoms with van der Waals surface area (Å²) >= 11 is 0. The van der Waals surface area contributed by atoms with Crippen LogP contribution in [-0.4, -0.2) is 29.9 Å². The highest BCUT2D eigenvalue weighted by Crippen LogP contribution is 2.19. The number of aromatic nitrogens is 1. The smallest absolute Gasteiger partial charge is 0.269 e. The van der Waals surface area contributed by atoms with Crippen LogP contribution in [0.5, 0.6) is 0 Å². The number of hydrogen-bond donors (Lipinski definition) is 2. The van der Waals surface area contributed by atoms with Gasteiger partial charge in [0.25, 0.3) is 11.8 Å². The van der Waals surface area contributed by atoms with Crippen molar-refractivity contribution in [3.63, 3.8) is 0 Å². The molecular formula is C19H27N3O2. The fourth-order valence-electron chi connectivity index (χ4n) is 2.63. The lowest BCUT2D eigenvalue weighted by Gasteiger charge is -2.13. The Balaban J connectivity index is 1.86. The van der Waals surface area contributed by atoms with Gasteiger partial charge in [0.1, 0.15) is 11.4 Å². The first-order valence-corrected chi connectivity index (χ1v) is 8.77. The third kappa shape index (κ3) is 5.80. The average molecular weight is 329 g/mol. The lowest BCUT2D eigenvalue weighted by atomic mass is 9.97. The first-order chi connectivity index (χ1) is 11.6. The summed E-state index contributed by atoms with van der Waals surface area (Å²) in [5.41, 5.74) is 1.99. The standard InChI is InChI=1S/C19H27N3O2/c1-14(2)13-21-19(24)17-10-6-9-16(22-17)18(23)20-12-11-15-7-4-3-5-8-15/h6-7,9-10,14H,3-5,8,11-13H2,1-2H3,(H,20,23)(H,21,24). The Bertz CT molecular complexity index is 608. The van der Waals surface area contributed by atoms with Gasteiger partial charge in [0.05, 0.1) is 0 Å². The number of carbonyl (C=O) groups is 2. The number of rotatable bonds is 7. The van der Waals surface area contributed by atoms with Gasteiger partial charge in [0.15, 0.2) is 0 Å². The summed E-state index contributed by atoms with van der Waals surface area (Å²) in [4.78, 5) is 28.4. The summed E-state index contributed by atoms with van der Waals surface area (Å²) in [7, 11) is 0. The molecule has 0 bridgehead atoms. The first kappa shape index (κ1) is 18.2. The maximum atomic E-state index is 12.2. The molecule has 1 aromatic rings. The van der Waals surface area contributed by atoms with Gasteiger partial charge in [-0.15, -0.1) is 0 Å². The molecule has 130 valence electrons. The van der Waals surface area contributed by atoms with Gasteiger partial charge in [-0.3, -0.25) is 9.59 Å². The molecule has 5 nitrogen and oxygen atoms in total. The van der Waals surface area contributed by atoms with Crippen LogP contribution in [0.4, 0.5) is 0 Å². The summed E-state index contributed by atoms with van der Waals surface area (Å²) in [6.07, 6.45) is 7.98. The largest absolute Gasteiger partial charge is 0.350 e. The zero-order valence-electron chi connectivity index (χ0n) is 14.6. The third-order valence-electron chi connectivity index (χ3n) is 4.00. The number of amides is 2. The van der Waals surface area contributed by atoms with Gasteiger partial charge in [0, 0.05) is 13.1 Å². The normalized spacial score (nSPS) is 14.2. The van der Waals surface area contributed by atoms with Gasteiger partial charge in [-0.2, -0.15) is 0 Å². The van der Waals surface area contributed by atoms with Crippen LogP contribution < -0.4 is 10.6 Å². The Morgan fingerprint density at radius 2 is 1.83 bits per heavy atom. The van der Waals surface area contributed by atoms with Crippen molar-refractivity contribution < 1.29 is 9.59 Å². The van der Waals surface area contributed by atoms with Crippen molar-refractivity contribution in [2.75, 3.05) is 13.1 Å². The number of carbonyl (C=O) groups excluding carboxylic acids is 2. The molecular weight excluding hydrogens is 302 g/mol. The van der Waals surface area contributed by atoms with Gasteiger partial charge in [0.2, 0.25) is 0 Å². The second-order valence-electron chi connectivity index (χ2n) is 6.63. The van der Waals surface area contributed by atoms with E-state index < -0.39 is 0 Å². The van der Waals surface area contributed by atoms with E-state index in [0.717, 1.165) is 19.3 Å². The molecule has 1 aromatic heterocycles. The summed E-state index contributed by atoms with van der Waals surface area (Å²) < 4.78 is 0. The molecule has 2 rings (SSSR count). The Hall–Kier alpha value is -2.17. The van der Waals surface area contributed by atoms with Crippen LogP contribution in [0.25, 0.3) is 0 Å². The van der Waals surface area contributed by atoms with Crippen molar-refractivity contribution >= 4 is 11.8 Å². The van der Waals surface area contributed by atoms with E-state index >= 15 is 0 Å². The Morgan fingerprint density at radius 3 is 2.46 bits per heavy atom. The number of nitrogens with one attached hydrogen (secondary N) is 2. The zero-order valence-corrected chi connectivity index (χ0v) is 14.6. The molecule has 2 N–H and O–H groups in total. The van der Waals surface area contributed by atoms with Crippen molar-refractivity contribution in [1.82, 2.24) is 15.6 Å². The van der Waals surface area contributed by atoms with Gasteiger partial charge < -0.3 is 10.6 Å². The Morgan fingerprint density at radius 1 is 1.12 bits per heavy atom. The van der Waals surface area contributed by atoms with E-state index in [1.807, 2.05) is 13.8 Å². The lowest BCUT2D eigenvalue weighted by Crippen LogP contribution is -2.30. The van der Waals surface area contributed by atoms with E-state index in [4.69, 9.17) is 0 Å². The molecule has 0 saturated heterocycles. The summed E-state index contributed by atoms with van der Waals surface area (Å²) in [5.74, 6) is -0.106. The molecule has 1 aliphatic carbocycles. The van der Waals surface area contributed by atoms with Crippen LogP contribution in [-0.2, 0) is 0 Å². The van der Waals surface area contributed by atoms with Crippen LogP contribution >= 0.6 is 0 Å². The summed E-state index contributed by atoms with van der Waals surface area (Å²) in [6.45, 7) is 5.25. The SMILES string of the molecule is CC(C)CNC(=O)c1cccc(C(=O)NCCC2=CCCCC2)n1. The molecule has 0 aliphatic heterocycles. The molecule has 1 aliphatic rings. The average Bonchev–Trinajstić information content (AvgIpc) is 2.60. The highest BCUT2D eigenvalue weighted by Gasteiger charge is 2.12. The van der Waals surface area contributed by atoms with Crippen LogP contribution in [0.2, 0.25) is 0 Å². The van der Waals surface area contributed by atoms with Gasteiger partial charge >= 0.3 is 0 Å². The van der Waals surface area contributed by atoms with Crippen molar-refractivity contribution in [3.8, 4) is 0 Å². The predicted molar refractivity (Wildman–Crippen MR) is 94.9 cm³/mol. The van der Waals surface area contributed by atoms with Crippen LogP contribution in [0.3, 0.4) is 0 Å². The van der Waals surface area contributed by atoms with E-state index in [1.54, 1.807) is 18.2 Å². The number of nitrogens with zero attached hydrogens (tertiary/aromatic N) is 1. The molecule has 0 radical (unpaired) electrons. The zero-order chi connectivity index (χ0) is 17.4. The van der Waals surface area contributed by atoms with Crippen LogP contribution in [0.1, 0.15) is 66.9 Å². The third-order valence-corrected chi connectivity index (χ3v) is 4.00. The van der Waals surface area contributed by atoms with Gasteiger partial charge in [-0.1, -0.05) is 31.6 Å². The highest BCUT2D eigenvalue weighted by molar-refractivity contribution is 5.96. The topological polar surface area (TPSA) is 71.1 Å². The van der Waals surface area contributed by atoms with Crippen LogP contribution in [0.15, 0.2) is 29.8 Å². The monoisotopic (exact) mass is 329 g/mol. The van der Waals surface area contributed by atoms with E-state index in [1.165, 1.54) is 18.4 Å². The van der Waals surface area contributed by atoms with Crippen molar-refractivity contribution in [2.24, 2.45) is 5.92 Å². The van der Waals surface area contributed by atoms with E-state index in [2.05, 4.69) is 21.7 Å². The van der Waals surface area contributed by atoms with E-state index in [-0.39, 0.29) is 23.2 Å². The molecule has 0 saturated carbocycles. The van der Waals surface area contributed by atoms with E-state index in [0.29, 0.717) is 19.0 Å². The lowest BCUT2D eigenvalue weighted by molar-refractivity contribution is 0.0941. The molecule has 0 spiro atoms. The molecule has 5 heteroatoms. The number of allylic oxidation sites excluding steroid dienone is 1.